The Balaban J connectivity index is 0.00000128. The van der Waals surface area contributed by atoms with E-state index in [1.54, 1.807) is 6.92 Å². The minimum absolute atomic E-state index is 0. The van der Waals surface area contributed by atoms with Crippen molar-refractivity contribution in [2.45, 2.75) is 26.4 Å². The fourth-order valence-corrected chi connectivity index (χ4v) is 2.01. The first kappa shape index (κ1) is 13.0. The summed E-state index contributed by atoms with van der Waals surface area (Å²) in [5, 5.41) is 0. The van der Waals surface area contributed by atoms with Crippen molar-refractivity contribution in [1.29, 1.82) is 0 Å². The Hall–Kier alpha value is -1.06. The molecule has 1 heterocycles. The van der Waals surface area contributed by atoms with Crippen LogP contribution in [0.2, 0.25) is 0 Å². The van der Waals surface area contributed by atoms with E-state index in [0.29, 0.717) is 6.54 Å². The molecule has 0 unspecified atom stereocenters. The van der Waals surface area contributed by atoms with Gasteiger partial charge in [0.25, 0.3) is 0 Å². The molecule has 4 heteroatoms. The van der Waals surface area contributed by atoms with Gasteiger partial charge in [-0.25, -0.2) is 0 Å². The van der Waals surface area contributed by atoms with Gasteiger partial charge >= 0.3 is 0 Å². The molecule has 16 heavy (non-hydrogen) atoms. The normalized spacial score (nSPS) is 14.0. The van der Waals surface area contributed by atoms with Gasteiger partial charge in [0.1, 0.15) is 0 Å². The lowest BCUT2D eigenvalue weighted by molar-refractivity contribution is -0.129. The summed E-state index contributed by atoms with van der Waals surface area (Å²) in [6.45, 7) is 3.76. The molecule has 0 radical (unpaired) electrons. The molecular formula is C12H17ClN2O. The number of benzene rings is 1. The smallest absolute Gasteiger partial charge is 0.219 e. The number of hydrogen-bond acceptors (Lipinski definition) is 2. The van der Waals surface area contributed by atoms with Crippen LogP contribution in [0.15, 0.2) is 18.2 Å². The quantitative estimate of drug-likeness (QED) is 0.808. The van der Waals surface area contributed by atoms with Crippen molar-refractivity contribution in [2.75, 3.05) is 6.54 Å². The number of carbonyl (C=O) groups is 1. The number of halogens is 1. The first-order chi connectivity index (χ1) is 7.20. The molecule has 0 fully saturated rings. The van der Waals surface area contributed by atoms with E-state index in [1.165, 1.54) is 11.1 Å². The second-order valence-electron chi connectivity index (χ2n) is 4.00. The zero-order chi connectivity index (χ0) is 10.8. The summed E-state index contributed by atoms with van der Waals surface area (Å²) >= 11 is 0. The molecule has 0 aromatic heterocycles. The van der Waals surface area contributed by atoms with Crippen molar-refractivity contribution in [2.24, 2.45) is 5.73 Å². The van der Waals surface area contributed by atoms with Crippen LogP contribution in [-0.2, 0) is 24.3 Å². The molecule has 0 saturated heterocycles. The summed E-state index contributed by atoms with van der Waals surface area (Å²) in [5.74, 6) is 0.152. The Morgan fingerprint density at radius 3 is 2.81 bits per heavy atom. The minimum atomic E-state index is 0. The Morgan fingerprint density at radius 1 is 1.44 bits per heavy atom. The van der Waals surface area contributed by atoms with E-state index in [2.05, 4.69) is 18.2 Å². The van der Waals surface area contributed by atoms with E-state index in [-0.39, 0.29) is 18.3 Å². The molecule has 3 nitrogen and oxygen atoms in total. The summed E-state index contributed by atoms with van der Waals surface area (Å²) in [6.07, 6.45) is 0.958. The fourth-order valence-electron chi connectivity index (χ4n) is 2.01. The lowest BCUT2D eigenvalue weighted by Gasteiger charge is -2.28. The maximum atomic E-state index is 11.3. The van der Waals surface area contributed by atoms with Crippen LogP contribution < -0.4 is 5.73 Å². The van der Waals surface area contributed by atoms with E-state index in [9.17, 15) is 4.79 Å². The van der Waals surface area contributed by atoms with Crippen molar-refractivity contribution >= 4 is 18.3 Å². The number of amides is 1. The van der Waals surface area contributed by atoms with Crippen LogP contribution in [0.25, 0.3) is 0 Å². The molecule has 1 aliphatic rings. The standard InChI is InChI=1S/C12H16N2O.ClH/c1-9(15)14-5-4-11-3-2-10(7-13)6-12(11)8-14;/h2-3,6H,4-5,7-8,13H2,1H3;1H. The molecule has 0 atom stereocenters. The molecular weight excluding hydrogens is 224 g/mol. The molecule has 0 aliphatic carbocycles. The predicted molar refractivity (Wildman–Crippen MR) is 66.4 cm³/mol. The number of nitrogens with two attached hydrogens (primary N) is 1. The van der Waals surface area contributed by atoms with Gasteiger partial charge in [0.15, 0.2) is 0 Å². The van der Waals surface area contributed by atoms with Gasteiger partial charge in [-0.15, -0.1) is 12.4 Å². The minimum Gasteiger partial charge on any atom is -0.338 e. The van der Waals surface area contributed by atoms with Gasteiger partial charge in [-0.05, 0) is 23.1 Å². The second kappa shape index (κ2) is 5.32. The van der Waals surface area contributed by atoms with Crippen LogP contribution in [0.4, 0.5) is 0 Å². The molecule has 1 amide bonds. The lowest BCUT2D eigenvalue weighted by atomic mass is 9.97. The van der Waals surface area contributed by atoms with E-state index in [4.69, 9.17) is 5.73 Å². The van der Waals surface area contributed by atoms with Crippen LogP contribution in [0, 0.1) is 0 Å². The largest absolute Gasteiger partial charge is 0.338 e. The first-order valence-electron chi connectivity index (χ1n) is 5.27. The number of fused-ring (bicyclic) bond motifs is 1. The van der Waals surface area contributed by atoms with Gasteiger partial charge in [-0.3, -0.25) is 4.79 Å². The number of rotatable bonds is 1. The fraction of sp³-hybridized carbons (Fsp3) is 0.417. The topological polar surface area (TPSA) is 46.3 Å². The van der Waals surface area contributed by atoms with Crippen LogP contribution in [0.3, 0.4) is 0 Å². The summed E-state index contributed by atoms with van der Waals surface area (Å²) in [5.41, 5.74) is 9.34. The Morgan fingerprint density at radius 2 is 2.19 bits per heavy atom. The van der Waals surface area contributed by atoms with Crippen molar-refractivity contribution in [3.8, 4) is 0 Å². The van der Waals surface area contributed by atoms with Gasteiger partial charge in [0, 0.05) is 26.6 Å². The Bertz CT molecular complexity index is 393. The van der Waals surface area contributed by atoms with Gasteiger partial charge in [0.05, 0.1) is 0 Å². The molecule has 1 aromatic carbocycles. The summed E-state index contributed by atoms with van der Waals surface area (Å²) in [4.78, 5) is 13.1. The first-order valence-corrected chi connectivity index (χ1v) is 5.27. The zero-order valence-electron chi connectivity index (χ0n) is 9.40. The van der Waals surface area contributed by atoms with Gasteiger partial charge < -0.3 is 10.6 Å². The van der Waals surface area contributed by atoms with Crippen molar-refractivity contribution < 1.29 is 4.79 Å². The number of hydrogen-bond donors (Lipinski definition) is 1. The van der Waals surface area contributed by atoms with Crippen molar-refractivity contribution in [1.82, 2.24) is 4.90 Å². The third-order valence-electron chi connectivity index (χ3n) is 2.96. The highest BCUT2D eigenvalue weighted by atomic mass is 35.5. The van der Waals surface area contributed by atoms with Crippen LogP contribution >= 0.6 is 12.4 Å². The van der Waals surface area contributed by atoms with E-state index >= 15 is 0 Å². The second-order valence-corrected chi connectivity index (χ2v) is 4.00. The molecule has 0 spiro atoms. The Kier molecular flexibility index (Phi) is 4.33. The van der Waals surface area contributed by atoms with Crippen LogP contribution in [0.5, 0.6) is 0 Å². The van der Waals surface area contributed by atoms with Gasteiger partial charge in [0.2, 0.25) is 5.91 Å². The van der Waals surface area contributed by atoms with Crippen LogP contribution in [0.1, 0.15) is 23.6 Å². The highest BCUT2D eigenvalue weighted by Gasteiger charge is 2.17. The molecule has 0 saturated carbocycles. The molecule has 1 aromatic rings. The SMILES string of the molecule is CC(=O)N1CCc2ccc(CN)cc2C1.Cl. The maximum absolute atomic E-state index is 11.3. The molecule has 1 aliphatic heterocycles. The molecule has 2 N–H and O–H groups in total. The predicted octanol–water partition coefficient (Wildman–Crippen LogP) is 1.47. The summed E-state index contributed by atoms with van der Waals surface area (Å²) < 4.78 is 0. The van der Waals surface area contributed by atoms with E-state index in [0.717, 1.165) is 25.1 Å². The summed E-state index contributed by atoms with van der Waals surface area (Å²) in [6, 6.07) is 6.32. The highest BCUT2D eigenvalue weighted by molar-refractivity contribution is 5.85. The van der Waals surface area contributed by atoms with Crippen molar-refractivity contribution in [3.05, 3.63) is 34.9 Å². The lowest BCUT2D eigenvalue weighted by Crippen LogP contribution is -2.34. The van der Waals surface area contributed by atoms with Crippen LogP contribution in [-0.4, -0.2) is 17.4 Å². The third kappa shape index (κ3) is 2.54. The molecule has 88 valence electrons. The average Bonchev–Trinajstić information content (AvgIpc) is 2.27. The molecule has 2 rings (SSSR count). The van der Waals surface area contributed by atoms with E-state index < -0.39 is 0 Å². The number of nitrogens with zero attached hydrogens (tertiary/aromatic N) is 1. The summed E-state index contributed by atoms with van der Waals surface area (Å²) in [7, 11) is 0. The van der Waals surface area contributed by atoms with Crippen molar-refractivity contribution in [3.63, 3.8) is 0 Å². The maximum Gasteiger partial charge on any atom is 0.219 e. The zero-order valence-corrected chi connectivity index (χ0v) is 10.2. The van der Waals surface area contributed by atoms with Gasteiger partial charge in [-0.2, -0.15) is 0 Å². The third-order valence-corrected chi connectivity index (χ3v) is 2.96. The molecule has 0 bridgehead atoms. The van der Waals surface area contributed by atoms with Gasteiger partial charge in [-0.1, -0.05) is 18.2 Å². The number of carbonyl (C=O) groups excluding carboxylic acids is 1. The highest BCUT2D eigenvalue weighted by Crippen LogP contribution is 2.20. The average molecular weight is 241 g/mol. The van der Waals surface area contributed by atoms with E-state index in [1.807, 2.05) is 4.90 Å². The monoisotopic (exact) mass is 240 g/mol. The Labute approximate surface area is 102 Å².